The van der Waals surface area contributed by atoms with Gasteiger partial charge in [0.1, 0.15) is 5.69 Å². The van der Waals surface area contributed by atoms with Crippen molar-refractivity contribution in [2.24, 2.45) is 0 Å². The summed E-state index contributed by atoms with van der Waals surface area (Å²) in [5.41, 5.74) is -2.02. The van der Waals surface area contributed by atoms with Gasteiger partial charge >= 0.3 is 5.97 Å². The summed E-state index contributed by atoms with van der Waals surface area (Å²) in [7, 11) is 1.00. The monoisotopic (exact) mass is 293 g/mol. The van der Waals surface area contributed by atoms with Crippen molar-refractivity contribution < 1.29 is 36.0 Å². The van der Waals surface area contributed by atoms with Gasteiger partial charge in [-0.25, -0.2) is 26.7 Å². The number of halogens is 5. The number of esters is 1. The van der Waals surface area contributed by atoms with Gasteiger partial charge in [0.2, 0.25) is 11.6 Å². The fourth-order valence-electron chi connectivity index (χ4n) is 1.42. The van der Waals surface area contributed by atoms with Crippen LogP contribution in [-0.2, 0) is 4.74 Å². The maximum Gasteiger partial charge on any atom is 0.376 e. The molecule has 0 unspecified atom stereocenters. The number of aromatic nitrogens is 1. The largest absolute Gasteiger partial charge is 0.463 e. The molecule has 1 aromatic carbocycles. The van der Waals surface area contributed by atoms with E-state index in [2.05, 4.69) is 14.4 Å². The predicted molar refractivity (Wildman–Crippen MR) is 53.1 cm³/mol. The Morgan fingerprint density at radius 2 is 1.55 bits per heavy atom. The highest BCUT2D eigenvalue weighted by molar-refractivity contribution is 5.87. The molecule has 0 atom stereocenters. The average molecular weight is 293 g/mol. The third-order valence-electron chi connectivity index (χ3n) is 2.36. The van der Waals surface area contributed by atoms with Gasteiger partial charge in [0.15, 0.2) is 23.3 Å². The average Bonchev–Trinajstić information content (AvgIpc) is 2.92. The van der Waals surface area contributed by atoms with Crippen LogP contribution in [0.4, 0.5) is 22.0 Å². The van der Waals surface area contributed by atoms with Crippen LogP contribution in [0.15, 0.2) is 10.6 Å². The van der Waals surface area contributed by atoms with Crippen LogP contribution in [0.3, 0.4) is 0 Å². The highest BCUT2D eigenvalue weighted by atomic mass is 19.2. The van der Waals surface area contributed by atoms with Crippen LogP contribution in [0.1, 0.15) is 10.6 Å². The maximum absolute atomic E-state index is 13.5. The fourth-order valence-corrected chi connectivity index (χ4v) is 1.42. The molecule has 106 valence electrons. The second-order valence-corrected chi connectivity index (χ2v) is 3.51. The molecule has 0 aliphatic rings. The molecule has 0 radical (unpaired) electrons. The van der Waals surface area contributed by atoms with Gasteiger partial charge in [-0.3, -0.25) is 0 Å². The first-order valence-electron chi connectivity index (χ1n) is 4.95. The topological polar surface area (TPSA) is 52.3 Å². The molecule has 0 saturated heterocycles. The highest BCUT2D eigenvalue weighted by Gasteiger charge is 2.29. The van der Waals surface area contributed by atoms with Gasteiger partial charge in [-0.15, -0.1) is 0 Å². The summed E-state index contributed by atoms with van der Waals surface area (Å²) in [6, 6.07) is 0.699. The van der Waals surface area contributed by atoms with Crippen LogP contribution in [-0.4, -0.2) is 18.2 Å². The summed E-state index contributed by atoms with van der Waals surface area (Å²) >= 11 is 0. The molecule has 1 aromatic heterocycles. The summed E-state index contributed by atoms with van der Waals surface area (Å²) in [4.78, 5) is 11.1. The lowest BCUT2D eigenvalue weighted by Gasteiger charge is -2.04. The van der Waals surface area contributed by atoms with Crippen LogP contribution >= 0.6 is 0 Å². The zero-order valence-corrected chi connectivity index (χ0v) is 9.64. The number of nitrogens with zero attached hydrogens (tertiary/aromatic N) is 1. The number of carbonyl (C=O) groups is 1. The van der Waals surface area contributed by atoms with Crippen LogP contribution in [0.25, 0.3) is 11.3 Å². The van der Waals surface area contributed by atoms with Crippen molar-refractivity contribution in [1.82, 2.24) is 5.16 Å². The number of carbonyl (C=O) groups excluding carboxylic acids is 1. The highest BCUT2D eigenvalue weighted by Crippen LogP contribution is 2.31. The molecule has 0 saturated carbocycles. The molecule has 0 spiro atoms. The Labute approximate surface area is 107 Å². The van der Waals surface area contributed by atoms with Gasteiger partial charge in [0, 0.05) is 6.07 Å². The number of ether oxygens (including phenoxy) is 1. The summed E-state index contributed by atoms with van der Waals surface area (Å²) in [6.45, 7) is 0. The van der Waals surface area contributed by atoms with Gasteiger partial charge < -0.3 is 9.26 Å². The Balaban J connectivity index is 2.64. The lowest BCUT2D eigenvalue weighted by molar-refractivity contribution is 0.0554. The van der Waals surface area contributed by atoms with Crippen molar-refractivity contribution in [2.75, 3.05) is 7.11 Å². The fraction of sp³-hybridized carbons (Fsp3) is 0.0909. The molecule has 0 aliphatic carbocycles. The minimum atomic E-state index is -2.29. The van der Waals surface area contributed by atoms with E-state index in [-0.39, 0.29) is 0 Å². The molecule has 4 nitrogen and oxygen atoms in total. The van der Waals surface area contributed by atoms with Crippen molar-refractivity contribution in [3.63, 3.8) is 0 Å². The van der Waals surface area contributed by atoms with Gasteiger partial charge in [0.25, 0.3) is 0 Å². The number of benzene rings is 1. The van der Waals surface area contributed by atoms with Crippen molar-refractivity contribution in [1.29, 1.82) is 0 Å². The molecule has 0 N–H and O–H groups in total. The number of rotatable bonds is 2. The van der Waals surface area contributed by atoms with E-state index in [4.69, 9.17) is 0 Å². The molecular weight excluding hydrogens is 289 g/mol. The molecule has 0 aliphatic heterocycles. The van der Waals surface area contributed by atoms with Crippen LogP contribution in [0.5, 0.6) is 0 Å². The van der Waals surface area contributed by atoms with E-state index in [1.807, 2.05) is 0 Å². The molecule has 0 fully saturated rings. The molecule has 2 aromatic rings. The standard InChI is InChI=1S/C11H4F5NO3/c1-19-11(18)4-2-3(17-20-4)5-6(12)8(14)10(16)9(15)7(5)13/h2H,1H3. The minimum absolute atomic E-state index is 0.550. The maximum atomic E-state index is 13.5. The van der Waals surface area contributed by atoms with Crippen LogP contribution < -0.4 is 0 Å². The first-order chi connectivity index (χ1) is 9.38. The molecular formula is C11H4F5NO3. The van der Waals surface area contributed by atoms with E-state index in [0.29, 0.717) is 6.07 Å². The zero-order valence-electron chi connectivity index (χ0n) is 9.64. The van der Waals surface area contributed by atoms with Gasteiger partial charge in [-0.1, -0.05) is 5.16 Å². The van der Waals surface area contributed by atoms with Crippen molar-refractivity contribution in [3.05, 3.63) is 40.9 Å². The molecule has 9 heteroatoms. The Morgan fingerprint density at radius 3 is 2.05 bits per heavy atom. The SMILES string of the molecule is COC(=O)c1cc(-c2c(F)c(F)c(F)c(F)c2F)no1. The van der Waals surface area contributed by atoms with Gasteiger partial charge in [-0.2, -0.15) is 0 Å². The number of hydrogen-bond acceptors (Lipinski definition) is 4. The molecule has 0 bridgehead atoms. The predicted octanol–water partition coefficient (Wildman–Crippen LogP) is 2.82. The zero-order chi connectivity index (χ0) is 15.0. The van der Waals surface area contributed by atoms with E-state index in [1.165, 1.54) is 0 Å². The first-order valence-corrected chi connectivity index (χ1v) is 4.95. The van der Waals surface area contributed by atoms with Gasteiger partial charge in [-0.05, 0) is 0 Å². The van der Waals surface area contributed by atoms with E-state index >= 15 is 0 Å². The lowest BCUT2D eigenvalue weighted by atomic mass is 10.1. The Bertz CT molecular complexity index is 669. The Morgan fingerprint density at radius 1 is 1.05 bits per heavy atom. The summed E-state index contributed by atoms with van der Waals surface area (Å²) in [5.74, 6) is -12.3. The van der Waals surface area contributed by atoms with Crippen molar-refractivity contribution >= 4 is 5.97 Å². The second-order valence-electron chi connectivity index (χ2n) is 3.51. The molecule has 1 heterocycles. The van der Waals surface area contributed by atoms with E-state index < -0.39 is 52.1 Å². The van der Waals surface area contributed by atoms with Crippen LogP contribution in [0.2, 0.25) is 0 Å². The molecule has 2 rings (SSSR count). The lowest BCUT2D eigenvalue weighted by Crippen LogP contribution is -2.04. The molecule has 0 amide bonds. The Kier molecular flexibility index (Phi) is 3.43. The normalized spacial score (nSPS) is 10.7. The van der Waals surface area contributed by atoms with E-state index in [1.54, 1.807) is 0 Å². The smallest absolute Gasteiger partial charge is 0.376 e. The van der Waals surface area contributed by atoms with E-state index in [0.717, 1.165) is 7.11 Å². The number of methoxy groups -OCH3 is 1. The van der Waals surface area contributed by atoms with Crippen molar-refractivity contribution in [3.8, 4) is 11.3 Å². The summed E-state index contributed by atoms with van der Waals surface area (Å²) in [5, 5.41) is 3.08. The third kappa shape index (κ3) is 2.00. The Hall–Kier alpha value is -2.45. The number of hydrogen-bond donors (Lipinski definition) is 0. The first kappa shape index (κ1) is 14.0. The van der Waals surface area contributed by atoms with E-state index in [9.17, 15) is 26.7 Å². The quantitative estimate of drug-likeness (QED) is 0.370. The summed E-state index contributed by atoms with van der Waals surface area (Å²) < 4.78 is 74.4. The molecule has 20 heavy (non-hydrogen) atoms. The minimum Gasteiger partial charge on any atom is -0.463 e. The van der Waals surface area contributed by atoms with Crippen LogP contribution in [0, 0.1) is 29.1 Å². The summed E-state index contributed by atoms with van der Waals surface area (Å²) in [6.07, 6.45) is 0. The van der Waals surface area contributed by atoms with Gasteiger partial charge in [0.05, 0.1) is 12.7 Å². The third-order valence-corrected chi connectivity index (χ3v) is 2.36. The second kappa shape index (κ2) is 4.91. The van der Waals surface area contributed by atoms with Crippen molar-refractivity contribution in [2.45, 2.75) is 0 Å².